The largest absolute Gasteiger partial charge is 0.385 e. The molecule has 0 atom stereocenters. The molecule has 2 rings (SSSR count). The SMILES string of the molecule is CCCNc1cc(CC)cc(-c2ccn(C)n2)c1. The van der Waals surface area contributed by atoms with Crippen LogP contribution in [0.15, 0.2) is 30.5 Å². The molecule has 0 aliphatic carbocycles. The van der Waals surface area contributed by atoms with Gasteiger partial charge in [0, 0.05) is 31.0 Å². The van der Waals surface area contributed by atoms with E-state index in [9.17, 15) is 0 Å². The highest BCUT2D eigenvalue weighted by molar-refractivity contribution is 5.66. The van der Waals surface area contributed by atoms with Crippen molar-refractivity contribution >= 4 is 5.69 Å². The molecule has 3 nitrogen and oxygen atoms in total. The number of anilines is 1. The number of hydrogen-bond donors (Lipinski definition) is 1. The molecular formula is C15H21N3. The fourth-order valence-electron chi connectivity index (χ4n) is 1.98. The van der Waals surface area contributed by atoms with Gasteiger partial charge < -0.3 is 5.32 Å². The average molecular weight is 243 g/mol. The Morgan fingerprint density at radius 3 is 2.67 bits per heavy atom. The Labute approximate surface area is 109 Å². The Bertz CT molecular complexity index is 514. The zero-order chi connectivity index (χ0) is 13.0. The van der Waals surface area contributed by atoms with Gasteiger partial charge in [0.2, 0.25) is 0 Å². The predicted molar refractivity (Wildman–Crippen MR) is 76.8 cm³/mol. The second-order valence-electron chi connectivity index (χ2n) is 4.57. The molecule has 1 heterocycles. The van der Waals surface area contributed by atoms with E-state index >= 15 is 0 Å². The molecule has 1 N–H and O–H groups in total. The van der Waals surface area contributed by atoms with Crippen molar-refractivity contribution in [1.29, 1.82) is 0 Å². The molecule has 1 aromatic carbocycles. The lowest BCUT2D eigenvalue weighted by Gasteiger charge is -2.09. The van der Waals surface area contributed by atoms with Gasteiger partial charge in [-0.2, -0.15) is 5.10 Å². The molecule has 2 aromatic rings. The van der Waals surface area contributed by atoms with Crippen LogP contribution < -0.4 is 5.32 Å². The first kappa shape index (κ1) is 12.7. The van der Waals surface area contributed by atoms with Gasteiger partial charge in [-0.1, -0.05) is 13.8 Å². The minimum Gasteiger partial charge on any atom is -0.385 e. The lowest BCUT2D eigenvalue weighted by Crippen LogP contribution is -2.00. The molecule has 3 heteroatoms. The van der Waals surface area contributed by atoms with Crippen LogP contribution in [0.3, 0.4) is 0 Å². The Morgan fingerprint density at radius 2 is 2.06 bits per heavy atom. The average Bonchev–Trinajstić information content (AvgIpc) is 2.82. The van der Waals surface area contributed by atoms with Crippen LogP contribution in [0.25, 0.3) is 11.3 Å². The predicted octanol–water partition coefficient (Wildman–Crippen LogP) is 3.47. The van der Waals surface area contributed by atoms with Gasteiger partial charge >= 0.3 is 0 Å². The molecule has 0 bridgehead atoms. The van der Waals surface area contributed by atoms with Crippen LogP contribution in [-0.4, -0.2) is 16.3 Å². The van der Waals surface area contributed by atoms with Crippen molar-refractivity contribution < 1.29 is 0 Å². The van der Waals surface area contributed by atoms with Crippen molar-refractivity contribution in [1.82, 2.24) is 9.78 Å². The van der Waals surface area contributed by atoms with Crippen molar-refractivity contribution in [2.75, 3.05) is 11.9 Å². The molecular weight excluding hydrogens is 222 g/mol. The molecule has 0 aliphatic heterocycles. The van der Waals surface area contributed by atoms with Crippen LogP contribution in [-0.2, 0) is 13.5 Å². The zero-order valence-electron chi connectivity index (χ0n) is 11.4. The molecule has 0 spiro atoms. The maximum atomic E-state index is 4.47. The van der Waals surface area contributed by atoms with Gasteiger partial charge in [-0.15, -0.1) is 0 Å². The van der Waals surface area contributed by atoms with E-state index in [0.29, 0.717) is 0 Å². The minimum atomic E-state index is 1.01. The van der Waals surface area contributed by atoms with Crippen LogP contribution in [0, 0.1) is 0 Å². The van der Waals surface area contributed by atoms with Crippen molar-refractivity contribution in [2.24, 2.45) is 7.05 Å². The van der Waals surface area contributed by atoms with E-state index in [1.807, 2.05) is 17.9 Å². The maximum absolute atomic E-state index is 4.47. The molecule has 0 saturated carbocycles. The summed E-state index contributed by atoms with van der Waals surface area (Å²) in [5.41, 5.74) is 4.76. The third kappa shape index (κ3) is 2.92. The molecule has 1 aromatic heterocycles. The summed E-state index contributed by atoms with van der Waals surface area (Å²) >= 11 is 0. The van der Waals surface area contributed by atoms with Gasteiger partial charge in [-0.05, 0) is 42.7 Å². The second-order valence-corrected chi connectivity index (χ2v) is 4.57. The van der Waals surface area contributed by atoms with Crippen molar-refractivity contribution in [3.05, 3.63) is 36.0 Å². The van der Waals surface area contributed by atoms with Gasteiger partial charge in [0.15, 0.2) is 0 Å². The van der Waals surface area contributed by atoms with E-state index in [2.05, 4.69) is 48.5 Å². The molecule has 0 aliphatic rings. The summed E-state index contributed by atoms with van der Waals surface area (Å²) in [6.45, 7) is 5.37. The normalized spacial score (nSPS) is 10.6. The number of aryl methyl sites for hydroxylation is 2. The van der Waals surface area contributed by atoms with E-state index < -0.39 is 0 Å². The molecule has 0 saturated heterocycles. The number of nitrogens with zero attached hydrogens (tertiary/aromatic N) is 2. The van der Waals surface area contributed by atoms with E-state index in [1.54, 1.807) is 0 Å². The number of benzene rings is 1. The quantitative estimate of drug-likeness (QED) is 0.871. The minimum absolute atomic E-state index is 1.01. The molecule has 18 heavy (non-hydrogen) atoms. The van der Waals surface area contributed by atoms with E-state index in [4.69, 9.17) is 0 Å². The van der Waals surface area contributed by atoms with Gasteiger partial charge in [-0.3, -0.25) is 4.68 Å². The Hall–Kier alpha value is -1.77. The van der Waals surface area contributed by atoms with Crippen LogP contribution in [0.1, 0.15) is 25.8 Å². The first-order chi connectivity index (χ1) is 8.72. The zero-order valence-corrected chi connectivity index (χ0v) is 11.4. The maximum Gasteiger partial charge on any atom is 0.0923 e. The monoisotopic (exact) mass is 243 g/mol. The summed E-state index contributed by atoms with van der Waals surface area (Å²) < 4.78 is 1.84. The Morgan fingerprint density at radius 1 is 1.22 bits per heavy atom. The van der Waals surface area contributed by atoms with Gasteiger partial charge in [-0.25, -0.2) is 0 Å². The highest BCUT2D eigenvalue weighted by Crippen LogP contribution is 2.23. The van der Waals surface area contributed by atoms with Crippen LogP contribution in [0.2, 0.25) is 0 Å². The van der Waals surface area contributed by atoms with Crippen LogP contribution in [0.4, 0.5) is 5.69 Å². The van der Waals surface area contributed by atoms with Crippen molar-refractivity contribution in [3.8, 4) is 11.3 Å². The number of rotatable bonds is 5. The topological polar surface area (TPSA) is 29.9 Å². The highest BCUT2D eigenvalue weighted by atomic mass is 15.2. The van der Waals surface area contributed by atoms with Gasteiger partial charge in [0.05, 0.1) is 5.69 Å². The van der Waals surface area contributed by atoms with Crippen molar-refractivity contribution in [2.45, 2.75) is 26.7 Å². The standard InChI is InChI=1S/C15H21N3/c1-4-7-16-14-10-12(5-2)9-13(11-14)15-6-8-18(3)17-15/h6,8-11,16H,4-5,7H2,1-3H3. The van der Waals surface area contributed by atoms with E-state index in [-0.39, 0.29) is 0 Å². The van der Waals surface area contributed by atoms with Crippen LogP contribution in [0.5, 0.6) is 0 Å². The van der Waals surface area contributed by atoms with Gasteiger partial charge in [0.25, 0.3) is 0 Å². The number of aromatic nitrogens is 2. The summed E-state index contributed by atoms with van der Waals surface area (Å²) in [6.07, 6.45) is 4.16. The van der Waals surface area contributed by atoms with Gasteiger partial charge in [0.1, 0.15) is 0 Å². The molecule has 96 valence electrons. The molecule has 0 radical (unpaired) electrons. The fourth-order valence-corrected chi connectivity index (χ4v) is 1.98. The van der Waals surface area contributed by atoms with E-state index in [0.717, 1.165) is 25.1 Å². The van der Waals surface area contributed by atoms with Crippen LogP contribution >= 0.6 is 0 Å². The third-order valence-electron chi connectivity index (χ3n) is 2.99. The molecule has 0 unspecified atom stereocenters. The first-order valence-electron chi connectivity index (χ1n) is 6.60. The molecule has 0 fully saturated rings. The summed E-state index contributed by atoms with van der Waals surface area (Å²) in [6, 6.07) is 8.68. The summed E-state index contributed by atoms with van der Waals surface area (Å²) in [5.74, 6) is 0. The molecule has 0 amide bonds. The lowest BCUT2D eigenvalue weighted by molar-refractivity contribution is 0.771. The first-order valence-corrected chi connectivity index (χ1v) is 6.60. The smallest absolute Gasteiger partial charge is 0.0923 e. The van der Waals surface area contributed by atoms with Crippen molar-refractivity contribution in [3.63, 3.8) is 0 Å². The number of hydrogen-bond acceptors (Lipinski definition) is 2. The summed E-state index contributed by atoms with van der Waals surface area (Å²) in [4.78, 5) is 0. The lowest BCUT2D eigenvalue weighted by atomic mass is 10.0. The Kier molecular flexibility index (Phi) is 4.03. The van der Waals surface area contributed by atoms with E-state index in [1.165, 1.54) is 16.8 Å². The Balaban J connectivity index is 2.34. The second kappa shape index (κ2) is 5.71. The summed E-state index contributed by atoms with van der Waals surface area (Å²) in [5, 5.41) is 7.92. The summed E-state index contributed by atoms with van der Waals surface area (Å²) in [7, 11) is 1.95. The number of nitrogens with one attached hydrogen (secondary N) is 1. The fraction of sp³-hybridized carbons (Fsp3) is 0.400. The highest BCUT2D eigenvalue weighted by Gasteiger charge is 2.05. The third-order valence-corrected chi connectivity index (χ3v) is 2.99.